The molecule has 0 aliphatic heterocycles. The molecule has 0 saturated carbocycles. The summed E-state index contributed by atoms with van der Waals surface area (Å²) >= 11 is 1.63. The van der Waals surface area contributed by atoms with E-state index < -0.39 is 0 Å². The van der Waals surface area contributed by atoms with Gasteiger partial charge in [0.15, 0.2) is 0 Å². The number of thioether (sulfide) groups is 1. The second-order valence-electron chi connectivity index (χ2n) is 3.70. The van der Waals surface area contributed by atoms with Gasteiger partial charge >= 0.3 is 0 Å². The summed E-state index contributed by atoms with van der Waals surface area (Å²) in [6.45, 7) is 0.246. The molecular formula is C14H14FNS. The van der Waals surface area contributed by atoms with Gasteiger partial charge in [-0.2, -0.15) is 0 Å². The predicted octanol–water partition coefficient (Wildman–Crippen LogP) is 3.58. The normalized spacial score (nSPS) is 10.5. The molecule has 0 bridgehead atoms. The van der Waals surface area contributed by atoms with Crippen LogP contribution in [0.3, 0.4) is 0 Å². The SMILES string of the molecule is NCc1cccc(CSc2ccccc2)c1F. The standard InChI is InChI=1S/C14H14FNS/c15-14-11(9-16)5-4-6-12(14)10-17-13-7-2-1-3-8-13/h1-8H,9-10,16H2. The minimum Gasteiger partial charge on any atom is -0.326 e. The first kappa shape index (κ1) is 12.1. The van der Waals surface area contributed by atoms with Crippen molar-refractivity contribution in [1.29, 1.82) is 0 Å². The van der Waals surface area contributed by atoms with Crippen molar-refractivity contribution < 1.29 is 4.39 Å². The van der Waals surface area contributed by atoms with Crippen LogP contribution in [0.25, 0.3) is 0 Å². The molecule has 0 atom stereocenters. The van der Waals surface area contributed by atoms with Crippen molar-refractivity contribution in [3.63, 3.8) is 0 Å². The third kappa shape index (κ3) is 3.08. The van der Waals surface area contributed by atoms with Gasteiger partial charge in [0.05, 0.1) is 0 Å². The molecule has 0 amide bonds. The largest absolute Gasteiger partial charge is 0.326 e. The van der Waals surface area contributed by atoms with Crippen LogP contribution in [0.4, 0.5) is 4.39 Å². The zero-order valence-corrected chi connectivity index (χ0v) is 10.2. The van der Waals surface area contributed by atoms with Gasteiger partial charge in [-0.25, -0.2) is 4.39 Å². The van der Waals surface area contributed by atoms with E-state index >= 15 is 0 Å². The zero-order valence-electron chi connectivity index (χ0n) is 9.40. The lowest BCUT2D eigenvalue weighted by Gasteiger charge is -2.06. The van der Waals surface area contributed by atoms with E-state index in [4.69, 9.17) is 5.73 Å². The Morgan fingerprint density at radius 2 is 1.65 bits per heavy atom. The lowest BCUT2D eigenvalue weighted by Crippen LogP contribution is -2.02. The van der Waals surface area contributed by atoms with Gasteiger partial charge in [-0.05, 0) is 17.7 Å². The molecule has 3 heteroatoms. The average Bonchev–Trinajstić information content (AvgIpc) is 2.39. The van der Waals surface area contributed by atoms with E-state index in [9.17, 15) is 4.39 Å². The van der Waals surface area contributed by atoms with E-state index in [1.165, 1.54) is 0 Å². The smallest absolute Gasteiger partial charge is 0.131 e. The molecule has 2 N–H and O–H groups in total. The second-order valence-corrected chi connectivity index (χ2v) is 4.74. The fourth-order valence-electron chi connectivity index (χ4n) is 1.58. The molecule has 0 heterocycles. The van der Waals surface area contributed by atoms with Crippen molar-refractivity contribution >= 4 is 11.8 Å². The lowest BCUT2D eigenvalue weighted by atomic mass is 10.1. The van der Waals surface area contributed by atoms with Crippen LogP contribution in [0.5, 0.6) is 0 Å². The fourth-order valence-corrected chi connectivity index (χ4v) is 2.47. The maximum absolute atomic E-state index is 13.9. The van der Waals surface area contributed by atoms with Crippen molar-refractivity contribution in [2.24, 2.45) is 5.73 Å². The molecule has 0 unspecified atom stereocenters. The maximum atomic E-state index is 13.9. The summed E-state index contributed by atoms with van der Waals surface area (Å²) in [6, 6.07) is 15.4. The first-order valence-electron chi connectivity index (χ1n) is 5.45. The van der Waals surface area contributed by atoms with Gasteiger partial charge in [0.25, 0.3) is 0 Å². The van der Waals surface area contributed by atoms with Crippen molar-refractivity contribution in [2.45, 2.75) is 17.2 Å². The molecule has 0 fully saturated rings. The summed E-state index contributed by atoms with van der Waals surface area (Å²) in [4.78, 5) is 1.14. The summed E-state index contributed by atoms with van der Waals surface area (Å²) in [5, 5.41) is 0. The number of halogens is 1. The van der Waals surface area contributed by atoms with E-state index in [2.05, 4.69) is 0 Å². The summed E-state index contributed by atoms with van der Waals surface area (Å²) in [5.74, 6) is 0.461. The Kier molecular flexibility index (Phi) is 4.18. The minimum absolute atomic E-state index is 0.168. The minimum atomic E-state index is -0.168. The van der Waals surface area contributed by atoms with E-state index in [1.807, 2.05) is 42.5 Å². The molecule has 0 aliphatic rings. The average molecular weight is 247 g/mol. The van der Waals surface area contributed by atoms with Gasteiger partial charge in [-0.1, -0.05) is 36.4 Å². The van der Waals surface area contributed by atoms with Crippen molar-refractivity contribution in [3.8, 4) is 0 Å². The molecule has 88 valence electrons. The van der Waals surface area contributed by atoms with Crippen LogP contribution in [-0.4, -0.2) is 0 Å². The number of nitrogens with two attached hydrogens (primary N) is 1. The molecule has 17 heavy (non-hydrogen) atoms. The topological polar surface area (TPSA) is 26.0 Å². The Labute approximate surface area is 105 Å². The Balaban J connectivity index is 2.09. The summed E-state index contributed by atoms with van der Waals surface area (Å²) in [6.07, 6.45) is 0. The molecule has 2 aromatic rings. The van der Waals surface area contributed by atoms with E-state index in [0.717, 1.165) is 4.90 Å². The predicted molar refractivity (Wildman–Crippen MR) is 70.3 cm³/mol. The van der Waals surface area contributed by atoms with Crippen LogP contribution >= 0.6 is 11.8 Å². The summed E-state index contributed by atoms with van der Waals surface area (Å²) in [5.41, 5.74) is 6.77. The highest BCUT2D eigenvalue weighted by Gasteiger charge is 2.06. The molecule has 0 saturated heterocycles. The third-order valence-electron chi connectivity index (χ3n) is 2.52. The molecule has 2 aromatic carbocycles. The Bertz CT molecular complexity index is 485. The highest BCUT2D eigenvalue weighted by atomic mass is 32.2. The Morgan fingerprint density at radius 3 is 2.35 bits per heavy atom. The Hall–Kier alpha value is -1.32. The first-order valence-corrected chi connectivity index (χ1v) is 6.44. The van der Waals surface area contributed by atoms with Gasteiger partial charge < -0.3 is 5.73 Å². The highest BCUT2D eigenvalue weighted by molar-refractivity contribution is 7.98. The second kappa shape index (κ2) is 5.84. The molecule has 0 radical (unpaired) electrons. The van der Waals surface area contributed by atoms with Gasteiger partial charge in [0, 0.05) is 22.8 Å². The number of rotatable bonds is 4. The van der Waals surface area contributed by atoms with Gasteiger partial charge in [-0.15, -0.1) is 11.8 Å². The zero-order chi connectivity index (χ0) is 12.1. The molecule has 0 aromatic heterocycles. The maximum Gasteiger partial charge on any atom is 0.131 e. The summed E-state index contributed by atoms with van der Waals surface area (Å²) < 4.78 is 13.9. The van der Waals surface area contributed by atoms with Crippen molar-refractivity contribution in [2.75, 3.05) is 0 Å². The van der Waals surface area contributed by atoms with Crippen molar-refractivity contribution in [3.05, 3.63) is 65.5 Å². The molecule has 2 rings (SSSR count). The van der Waals surface area contributed by atoms with Crippen LogP contribution in [0.15, 0.2) is 53.4 Å². The summed E-state index contributed by atoms with van der Waals surface area (Å²) in [7, 11) is 0. The van der Waals surface area contributed by atoms with Gasteiger partial charge in [0.2, 0.25) is 0 Å². The van der Waals surface area contributed by atoms with Crippen LogP contribution in [-0.2, 0) is 12.3 Å². The molecule has 0 aliphatic carbocycles. The van der Waals surface area contributed by atoms with E-state index in [-0.39, 0.29) is 12.4 Å². The van der Waals surface area contributed by atoms with E-state index in [0.29, 0.717) is 16.9 Å². The van der Waals surface area contributed by atoms with Crippen molar-refractivity contribution in [1.82, 2.24) is 0 Å². The van der Waals surface area contributed by atoms with Crippen LogP contribution in [0.2, 0.25) is 0 Å². The lowest BCUT2D eigenvalue weighted by molar-refractivity contribution is 0.600. The monoisotopic (exact) mass is 247 g/mol. The fraction of sp³-hybridized carbons (Fsp3) is 0.143. The molecular weight excluding hydrogens is 233 g/mol. The quantitative estimate of drug-likeness (QED) is 0.836. The van der Waals surface area contributed by atoms with Crippen LogP contribution in [0, 0.1) is 5.82 Å². The van der Waals surface area contributed by atoms with E-state index in [1.54, 1.807) is 17.8 Å². The highest BCUT2D eigenvalue weighted by Crippen LogP contribution is 2.24. The molecule has 0 spiro atoms. The van der Waals surface area contributed by atoms with Crippen LogP contribution in [0.1, 0.15) is 11.1 Å². The van der Waals surface area contributed by atoms with Gasteiger partial charge in [0.1, 0.15) is 5.82 Å². The first-order chi connectivity index (χ1) is 8.31. The number of benzene rings is 2. The number of hydrogen-bond acceptors (Lipinski definition) is 2. The molecule has 1 nitrogen and oxygen atoms in total. The van der Waals surface area contributed by atoms with Crippen LogP contribution < -0.4 is 5.73 Å². The Morgan fingerprint density at radius 1 is 0.941 bits per heavy atom. The third-order valence-corrected chi connectivity index (χ3v) is 3.58. The van der Waals surface area contributed by atoms with Gasteiger partial charge in [-0.3, -0.25) is 0 Å². The number of hydrogen-bond donors (Lipinski definition) is 1.